The first kappa shape index (κ1) is 54.0. The molecule has 3 aromatic rings. The third-order valence-electron chi connectivity index (χ3n) is 11.3. The topological polar surface area (TPSA) is 244 Å². The number of alkyl halides is 1. The van der Waals surface area contributed by atoms with E-state index >= 15 is 4.39 Å². The molecule has 4 rings (SSSR count). The summed E-state index contributed by atoms with van der Waals surface area (Å²) in [5, 5.41) is 10.5. The first-order valence-electron chi connectivity index (χ1n) is 22.8. The zero-order valence-electron chi connectivity index (χ0n) is 39.4. The van der Waals surface area contributed by atoms with Crippen molar-refractivity contribution in [2.75, 3.05) is 32.9 Å². The summed E-state index contributed by atoms with van der Waals surface area (Å²) in [4.78, 5) is 97.8. The standard InChI is InChI=1S/C48H65F3N10O7/c1-30(2)42(58-38(62)16-10-7-11-23-60-39(63)19-20-40(60)64)46(67)57-36(15-12-22-54-47(53)68)45(66)55-27-41(65)61(24-21-33(52)26-49)43(48(3,4)5)44-56-37(34-25-32(50)17-18-35(34)51)29-59(44)28-31-13-8-6-9-14-31/h6,8-9,13-14,17-20,25,29-30,33,36,42-43H,7,10-12,15-16,21-24,26-28,52H2,1-5H3,(H,55,66)(H,57,67)(H,58,62)(H3,53,54,68). The van der Waals surface area contributed by atoms with Gasteiger partial charge in [0, 0.05) is 62.6 Å². The number of hydrogen-bond acceptors (Lipinski definition) is 9. The normalized spacial score (nSPS) is 14.4. The van der Waals surface area contributed by atoms with E-state index in [0.29, 0.717) is 25.1 Å². The molecule has 0 radical (unpaired) electrons. The number of benzene rings is 2. The summed E-state index contributed by atoms with van der Waals surface area (Å²) in [6.45, 7) is 7.91. The van der Waals surface area contributed by atoms with Crippen molar-refractivity contribution >= 4 is 41.5 Å². The van der Waals surface area contributed by atoms with Crippen molar-refractivity contribution in [3.63, 3.8) is 0 Å². The molecule has 0 fully saturated rings. The molecule has 2 aromatic carbocycles. The molecular formula is C48H65F3N10O7. The van der Waals surface area contributed by atoms with Crippen LogP contribution in [-0.2, 0) is 35.3 Å². The molecule has 4 unspecified atom stereocenters. The second kappa shape index (κ2) is 25.5. The predicted octanol–water partition coefficient (Wildman–Crippen LogP) is 4.16. The van der Waals surface area contributed by atoms with E-state index in [1.165, 1.54) is 17.1 Å². The Hall–Kier alpha value is -6.57. The van der Waals surface area contributed by atoms with Crippen LogP contribution in [0.2, 0.25) is 0 Å². The monoisotopic (exact) mass is 950 g/mol. The van der Waals surface area contributed by atoms with Crippen LogP contribution >= 0.6 is 0 Å². The van der Waals surface area contributed by atoms with Crippen molar-refractivity contribution in [2.24, 2.45) is 22.8 Å². The Morgan fingerprint density at radius 1 is 0.868 bits per heavy atom. The van der Waals surface area contributed by atoms with Crippen molar-refractivity contribution in [2.45, 2.75) is 110 Å². The van der Waals surface area contributed by atoms with Gasteiger partial charge in [0.25, 0.3) is 11.8 Å². The number of aromatic nitrogens is 2. The van der Waals surface area contributed by atoms with Crippen LogP contribution in [0, 0.1) is 23.0 Å². The maximum absolute atomic E-state index is 15.3. The smallest absolute Gasteiger partial charge is 0.312 e. The minimum absolute atomic E-state index is 0.0136. The van der Waals surface area contributed by atoms with Crippen molar-refractivity contribution < 1.29 is 46.7 Å². The number of primary amides is 1. The van der Waals surface area contributed by atoms with E-state index in [4.69, 9.17) is 16.5 Å². The van der Waals surface area contributed by atoms with E-state index in [9.17, 15) is 42.3 Å². The lowest BCUT2D eigenvalue weighted by Gasteiger charge is -2.40. The number of urea groups is 1. The molecule has 0 saturated heterocycles. The summed E-state index contributed by atoms with van der Waals surface area (Å²) < 4.78 is 45.3. The van der Waals surface area contributed by atoms with E-state index in [1.807, 2.05) is 51.1 Å². The lowest BCUT2D eigenvalue weighted by Crippen LogP contribution is -2.56. The quantitative estimate of drug-likeness (QED) is 0.0500. The Morgan fingerprint density at radius 2 is 1.56 bits per heavy atom. The molecule has 1 aliphatic rings. The highest BCUT2D eigenvalue weighted by Gasteiger charge is 2.39. The summed E-state index contributed by atoms with van der Waals surface area (Å²) in [5.74, 6) is -4.77. The summed E-state index contributed by atoms with van der Waals surface area (Å²) in [5.41, 5.74) is 11.3. The number of unbranched alkanes of at least 4 members (excludes halogenated alkanes) is 2. The molecule has 1 aliphatic heterocycles. The average Bonchev–Trinajstić information content (AvgIpc) is 3.84. The first-order chi connectivity index (χ1) is 32.2. The number of amides is 8. The third kappa shape index (κ3) is 16.1. The van der Waals surface area contributed by atoms with Gasteiger partial charge >= 0.3 is 6.03 Å². The van der Waals surface area contributed by atoms with Gasteiger partial charge < -0.3 is 42.2 Å². The van der Waals surface area contributed by atoms with Crippen molar-refractivity contribution in [1.82, 2.24) is 40.6 Å². The molecule has 0 aliphatic carbocycles. The number of nitrogens with one attached hydrogen (secondary N) is 4. The molecule has 68 heavy (non-hydrogen) atoms. The van der Waals surface area contributed by atoms with Crippen LogP contribution in [-0.4, -0.2) is 112 Å². The summed E-state index contributed by atoms with van der Waals surface area (Å²) in [6, 6.07) is 7.34. The third-order valence-corrected chi connectivity index (χ3v) is 11.3. The second-order valence-corrected chi connectivity index (χ2v) is 18.3. The lowest BCUT2D eigenvalue weighted by atomic mass is 9.84. The van der Waals surface area contributed by atoms with Gasteiger partial charge in [-0.2, -0.15) is 0 Å². The summed E-state index contributed by atoms with van der Waals surface area (Å²) >= 11 is 0. The highest BCUT2D eigenvalue weighted by Crippen LogP contribution is 2.39. The largest absolute Gasteiger partial charge is 0.352 e. The Morgan fingerprint density at radius 3 is 2.19 bits per heavy atom. The molecule has 0 saturated carbocycles. The number of nitrogens with two attached hydrogens (primary N) is 2. The second-order valence-electron chi connectivity index (χ2n) is 18.3. The Bertz CT molecular complexity index is 2250. The molecule has 0 bridgehead atoms. The predicted molar refractivity (Wildman–Crippen MR) is 248 cm³/mol. The SMILES string of the molecule is CC(C)C(NC(=O)CCCCCN1C(=O)C=CC1=O)C(=O)NC(CCCNC(N)=O)C(=O)NCC(=O)N(CCC(N)CF)C(c1nc(-c2cc(F)ccc2F)cn1Cc1ccccc1)C(C)(C)C. The Balaban J connectivity index is 1.56. The van der Waals surface area contributed by atoms with E-state index in [1.54, 1.807) is 24.6 Å². The number of nitrogens with zero attached hydrogens (tertiary/aromatic N) is 4. The van der Waals surface area contributed by atoms with Gasteiger partial charge in [-0.3, -0.25) is 33.7 Å². The van der Waals surface area contributed by atoms with E-state index < -0.39 is 90.0 Å². The van der Waals surface area contributed by atoms with Crippen LogP contribution in [0.4, 0.5) is 18.0 Å². The molecule has 1 aromatic heterocycles. The number of carbonyl (C=O) groups excluding carboxylic acids is 7. The summed E-state index contributed by atoms with van der Waals surface area (Å²) in [6.07, 6.45) is 5.65. The van der Waals surface area contributed by atoms with Crippen molar-refractivity contribution in [3.05, 3.63) is 89.9 Å². The van der Waals surface area contributed by atoms with Crippen molar-refractivity contribution in [1.29, 1.82) is 0 Å². The van der Waals surface area contributed by atoms with Crippen molar-refractivity contribution in [3.8, 4) is 11.3 Å². The van der Waals surface area contributed by atoms with Gasteiger partial charge in [0.2, 0.25) is 23.6 Å². The van der Waals surface area contributed by atoms with Crippen LogP contribution < -0.4 is 32.7 Å². The van der Waals surface area contributed by atoms with E-state index in [2.05, 4.69) is 21.3 Å². The molecule has 8 amide bonds. The van der Waals surface area contributed by atoms with Crippen LogP contribution in [0.1, 0.15) is 97.0 Å². The van der Waals surface area contributed by atoms with E-state index in [-0.39, 0.29) is 74.9 Å². The highest BCUT2D eigenvalue weighted by atomic mass is 19.1. The van der Waals surface area contributed by atoms with Gasteiger partial charge in [-0.15, -0.1) is 0 Å². The number of imidazole rings is 1. The van der Waals surface area contributed by atoms with Gasteiger partial charge in [-0.1, -0.05) is 71.4 Å². The zero-order chi connectivity index (χ0) is 50.1. The minimum Gasteiger partial charge on any atom is -0.352 e. The molecular weight excluding hydrogens is 886 g/mol. The lowest BCUT2D eigenvalue weighted by molar-refractivity contribution is -0.138. The maximum atomic E-state index is 15.3. The molecule has 2 heterocycles. The molecule has 20 heteroatoms. The number of carbonyl (C=O) groups is 7. The molecule has 370 valence electrons. The summed E-state index contributed by atoms with van der Waals surface area (Å²) in [7, 11) is 0. The molecule has 8 N–H and O–H groups in total. The Kier molecular flexibility index (Phi) is 20.3. The van der Waals surface area contributed by atoms with E-state index in [0.717, 1.165) is 28.7 Å². The fourth-order valence-electron chi connectivity index (χ4n) is 7.75. The van der Waals surface area contributed by atoms with Gasteiger partial charge in [0.15, 0.2) is 0 Å². The van der Waals surface area contributed by atoms with Gasteiger partial charge in [-0.25, -0.2) is 22.9 Å². The molecule has 0 spiro atoms. The fraction of sp³-hybridized carbons (Fsp3) is 0.500. The van der Waals surface area contributed by atoms with Crippen LogP contribution in [0.5, 0.6) is 0 Å². The highest BCUT2D eigenvalue weighted by molar-refractivity contribution is 6.12. The average molecular weight is 951 g/mol. The van der Waals surface area contributed by atoms with Gasteiger partial charge in [0.1, 0.15) is 36.2 Å². The van der Waals surface area contributed by atoms with Gasteiger partial charge in [-0.05, 0) is 67.2 Å². The first-order valence-corrected chi connectivity index (χ1v) is 22.8. The van der Waals surface area contributed by atoms with Crippen LogP contribution in [0.25, 0.3) is 11.3 Å². The number of rotatable bonds is 26. The number of imide groups is 1. The van der Waals surface area contributed by atoms with Crippen LogP contribution in [0.15, 0.2) is 66.9 Å². The fourth-order valence-corrected chi connectivity index (χ4v) is 7.75. The zero-order valence-corrected chi connectivity index (χ0v) is 39.4. The number of hydrogen-bond donors (Lipinski definition) is 6. The Labute approximate surface area is 395 Å². The minimum atomic E-state index is -1.26. The number of halogens is 3. The molecule has 17 nitrogen and oxygen atoms in total. The maximum Gasteiger partial charge on any atom is 0.312 e. The molecule has 4 atom stereocenters. The van der Waals surface area contributed by atoms with Gasteiger partial charge in [0.05, 0.1) is 18.3 Å². The van der Waals surface area contributed by atoms with Crippen LogP contribution in [0.3, 0.4) is 0 Å².